The van der Waals surface area contributed by atoms with Crippen LogP contribution in [0.3, 0.4) is 0 Å². The second-order valence-corrected chi connectivity index (χ2v) is 5.30. The van der Waals surface area contributed by atoms with Crippen LogP contribution in [0.5, 0.6) is 11.5 Å². The monoisotopic (exact) mass is 359 g/mol. The molecule has 5 nitrogen and oxygen atoms in total. The van der Waals surface area contributed by atoms with E-state index in [1.165, 1.54) is 19.3 Å². The van der Waals surface area contributed by atoms with Gasteiger partial charge in [-0.1, -0.05) is 6.07 Å². The Kier molecular flexibility index (Phi) is 4.97. The third kappa shape index (κ3) is 3.56. The Hall–Kier alpha value is -3.22. The number of halogens is 2. The van der Waals surface area contributed by atoms with E-state index in [4.69, 9.17) is 14.2 Å². The van der Waals surface area contributed by atoms with Gasteiger partial charge in [0.2, 0.25) is 5.90 Å². The summed E-state index contributed by atoms with van der Waals surface area (Å²) < 4.78 is 42.5. The van der Waals surface area contributed by atoms with Crippen molar-refractivity contribution in [2.24, 2.45) is 4.99 Å². The lowest BCUT2D eigenvalue weighted by molar-refractivity contribution is -0.129. The number of benzene rings is 2. The molecule has 0 bridgehead atoms. The van der Waals surface area contributed by atoms with Gasteiger partial charge in [-0.15, -0.1) is 0 Å². The Balaban J connectivity index is 1.94. The van der Waals surface area contributed by atoms with Crippen LogP contribution in [-0.2, 0) is 9.53 Å². The van der Waals surface area contributed by atoms with Gasteiger partial charge >= 0.3 is 5.97 Å². The van der Waals surface area contributed by atoms with Crippen molar-refractivity contribution in [3.63, 3.8) is 0 Å². The van der Waals surface area contributed by atoms with E-state index in [1.807, 2.05) is 6.92 Å². The molecule has 0 aromatic heterocycles. The SMILES string of the molecule is CCOc1cc(/C=C2\N=C(c3ccc(F)cc3F)OC2=O)ccc1OC. The summed E-state index contributed by atoms with van der Waals surface area (Å²) in [6.45, 7) is 2.29. The number of nitrogens with zero attached hydrogens (tertiary/aromatic N) is 1. The number of esters is 1. The van der Waals surface area contributed by atoms with E-state index in [-0.39, 0.29) is 17.2 Å². The maximum atomic E-state index is 13.8. The normalized spacial score (nSPS) is 15.0. The van der Waals surface area contributed by atoms with Crippen molar-refractivity contribution < 1.29 is 27.8 Å². The fourth-order valence-corrected chi connectivity index (χ4v) is 2.40. The van der Waals surface area contributed by atoms with Crippen molar-refractivity contribution in [2.45, 2.75) is 6.92 Å². The van der Waals surface area contributed by atoms with Gasteiger partial charge in [0.1, 0.15) is 11.6 Å². The first-order valence-electron chi connectivity index (χ1n) is 7.80. The van der Waals surface area contributed by atoms with Crippen LogP contribution in [0, 0.1) is 11.6 Å². The molecule has 2 aromatic rings. The summed E-state index contributed by atoms with van der Waals surface area (Å²) in [5.41, 5.74) is 0.537. The first-order valence-corrected chi connectivity index (χ1v) is 7.80. The van der Waals surface area contributed by atoms with Crippen LogP contribution in [-0.4, -0.2) is 25.6 Å². The maximum Gasteiger partial charge on any atom is 0.363 e. The summed E-state index contributed by atoms with van der Waals surface area (Å²) in [4.78, 5) is 16.0. The highest BCUT2D eigenvalue weighted by molar-refractivity contribution is 6.12. The summed E-state index contributed by atoms with van der Waals surface area (Å²) in [7, 11) is 1.53. The van der Waals surface area contributed by atoms with Gasteiger partial charge in [-0.05, 0) is 42.8 Å². The predicted octanol–water partition coefficient (Wildman–Crippen LogP) is 3.72. The Morgan fingerprint density at radius 3 is 2.65 bits per heavy atom. The van der Waals surface area contributed by atoms with Gasteiger partial charge in [0, 0.05) is 6.07 Å². The molecule has 0 unspecified atom stereocenters. The van der Waals surface area contributed by atoms with E-state index in [0.717, 1.165) is 6.07 Å². The number of rotatable bonds is 5. The van der Waals surface area contributed by atoms with E-state index < -0.39 is 17.6 Å². The van der Waals surface area contributed by atoms with E-state index >= 15 is 0 Å². The van der Waals surface area contributed by atoms with Crippen molar-refractivity contribution >= 4 is 17.9 Å². The molecule has 0 amide bonds. The molecule has 0 saturated carbocycles. The Labute approximate surface area is 148 Å². The zero-order chi connectivity index (χ0) is 18.7. The third-order valence-electron chi connectivity index (χ3n) is 3.57. The number of cyclic esters (lactones) is 1. The molecule has 1 heterocycles. The molecule has 134 valence electrons. The lowest BCUT2D eigenvalue weighted by atomic mass is 10.1. The van der Waals surface area contributed by atoms with Crippen molar-refractivity contribution in [2.75, 3.05) is 13.7 Å². The van der Waals surface area contributed by atoms with Crippen molar-refractivity contribution in [1.82, 2.24) is 0 Å². The molecule has 1 aliphatic heterocycles. The molecule has 2 aromatic carbocycles. The Morgan fingerprint density at radius 1 is 1.15 bits per heavy atom. The second-order valence-electron chi connectivity index (χ2n) is 5.30. The smallest absolute Gasteiger partial charge is 0.363 e. The fourth-order valence-electron chi connectivity index (χ4n) is 2.40. The maximum absolute atomic E-state index is 13.8. The summed E-state index contributed by atoms with van der Waals surface area (Å²) in [6, 6.07) is 8.03. The number of hydrogen-bond acceptors (Lipinski definition) is 5. The van der Waals surface area contributed by atoms with Gasteiger partial charge in [0.15, 0.2) is 17.2 Å². The van der Waals surface area contributed by atoms with Gasteiger partial charge in [0.05, 0.1) is 19.3 Å². The summed E-state index contributed by atoms with van der Waals surface area (Å²) in [5.74, 6) is -1.45. The highest BCUT2D eigenvalue weighted by Gasteiger charge is 2.26. The number of aliphatic imine (C=N–C) groups is 1. The van der Waals surface area contributed by atoms with Gasteiger partial charge < -0.3 is 14.2 Å². The molecule has 0 aliphatic carbocycles. The van der Waals surface area contributed by atoms with Crippen LogP contribution >= 0.6 is 0 Å². The minimum atomic E-state index is -0.860. The molecule has 3 rings (SSSR count). The van der Waals surface area contributed by atoms with Crippen LogP contribution in [0.2, 0.25) is 0 Å². The highest BCUT2D eigenvalue weighted by Crippen LogP contribution is 2.30. The molecule has 0 N–H and O–H groups in total. The molecule has 0 spiro atoms. The van der Waals surface area contributed by atoms with Crippen LogP contribution in [0.15, 0.2) is 47.1 Å². The first kappa shape index (κ1) is 17.6. The van der Waals surface area contributed by atoms with Crippen LogP contribution < -0.4 is 9.47 Å². The molecule has 0 atom stereocenters. The lowest BCUT2D eigenvalue weighted by Gasteiger charge is -2.09. The summed E-state index contributed by atoms with van der Waals surface area (Å²) in [5, 5.41) is 0. The number of carbonyl (C=O) groups is 1. The van der Waals surface area contributed by atoms with Crippen LogP contribution in [0.4, 0.5) is 8.78 Å². The van der Waals surface area contributed by atoms with Crippen LogP contribution in [0.1, 0.15) is 18.1 Å². The summed E-state index contributed by atoms with van der Waals surface area (Å²) >= 11 is 0. The molecule has 26 heavy (non-hydrogen) atoms. The molecular formula is C19H15F2NO4. The average molecular weight is 359 g/mol. The zero-order valence-electron chi connectivity index (χ0n) is 14.1. The topological polar surface area (TPSA) is 57.1 Å². The number of methoxy groups -OCH3 is 1. The molecule has 0 saturated heterocycles. The second kappa shape index (κ2) is 7.35. The molecule has 1 aliphatic rings. The van der Waals surface area contributed by atoms with Crippen molar-refractivity contribution in [1.29, 1.82) is 0 Å². The zero-order valence-corrected chi connectivity index (χ0v) is 14.1. The number of hydrogen-bond donors (Lipinski definition) is 0. The van der Waals surface area contributed by atoms with Gasteiger partial charge in [-0.3, -0.25) is 0 Å². The Bertz CT molecular complexity index is 922. The molecule has 0 fully saturated rings. The van der Waals surface area contributed by atoms with Crippen LogP contribution in [0.25, 0.3) is 6.08 Å². The quantitative estimate of drug-likeness (QED) is 0.603. The molecule has 7 heteroatoms. The molecule has 0 radical (unpaired) electrons. The minimum absolute atomic E-state index is 0.00339. The standard InChI is InChI=1S/C19H15F2NO4/c1-3-25-17-9-11(4-7-16(17)24-2)8-15-19(23)26-18(22-15)13-6-5-12(20)10-14(13)21/h4-10H,3H2,1-2H3/b15-8-. The number of carbonyl (C=O) groups excluding carboxylic acids is 1. The Morgan fingerprint density at radius 2 is 1.96 bits per heavy atom. The molecular weight excluding hydrogens is 344 g/mol. The number of ether oxygens (including phenoxy) is 3. The largest absolute Gasteiger partial charge is 0.493 e. The van der Waals surface area contributed by atoms with Gasteiger partial charge in [0.25, 0.3) is 0 Å². The van der Waals surface area contributed by atoms with Crippen molar-refractivity contribution in [3.8, 4) is 11.5 Å². The average Bonchev–Trinajstić information content (AvgIpc) is 2.96. The first-order chi connectivity index (χ1) is 12.5. The summed E-state index contributed by atoms with van der Waals surface area (Å²) in [6.07, 6.45) is 1.48. The van der Waals surface area contributed by atoms with Crippen molar-refractivity contribution in [3.05, 3.63) is 64.9 Å². The van der Waals surface area contributed by atoms with Gasteiger partial charge in [-0.2, -0.15) is 0 Å². The third-order valence-corrected chi connectivity index (χ3v) is 3.57. The van der Waals surface area contributed by atoms with E-state index in [0.29, 0.717) is 29.7 Å². The lowest BCUT2D eigenvalue weighted by Crippen LogP contribution is -2.07. The predicted molar refractivity (Wildman–Crippen MR) is 91.1 cm³/mol. The van der Waals surface area contributed by atoms with E-state index in [1.54, 1.807) is 18.2 Å². The van der Waals surface area contributed by atoms with E-state index in [9.17, 15) is 13.6 Å². The fraction of sp³-hybridized carbons (Fsp3) is 0.158. The highest BCUT2D eigenvalue weighted by atomic mass is 19.1. The minimum Gasteiger partial charge on any atom is -0.493 e. The van der Waals surface area contributed by atoms with Gasteiger partial charge in [-0.25, -0.2) is 18.6 Å². The van der Waals surface area contributed by atoms with E-state index in [2.05, 4.69) is 4.99 Å².